The fourth-order valence-corrected chi connectivity index (χ4v) is 8.21. The summed E-state index contributed by atoms with van der Waals surface area (Å²) in [5, 5.41) is 11.8. The van der Waals surface area contributed by atoms with Crippen molar-refractivity contribution in [3.05, 3.63) is 122 Å². The molecule has 2 unspecified atom stereocenters. The van der Waals surface area contributed by atoms with Gasteiger partial charge in [0, 0.05) is 12.8 Å². The molecule has 0 radical (unpaired) electrons. The Morgan fingerprint density at radius 1 is 0.397 bits per heavy atom. The first-order valence-electron chi connectivity index (χ1n) is 31.2. The van der Waals surface area contributed by atoms with Crippen LogP contribution in [0.4, 0.5) is 0 Å². The molecule has 0 saturated heterocycles. The minimum atomic E-state index is -1.64. The van der Waals surface area contributed by atoms with E-state index >= 15 is 0 Å². The molecule has 444 valence electrons. The molecule has 78 heavy (non-hydrogen) atoms. The molecule has 0 saturated carbocycles. The summed E-state index contributed by atoms with van der Waals surface area (Å²) < 4.78 is 22.7. The van der Waals surface area contributed by atoms with Crippen molar-refractivity contribution in [2.75, 3.05) is 47.5 Å². The smallest absolute Gasteiger partial charge is 0.306 e. The van der Waals surface area contributed by atoms with Gasteiger partial charge in [0.05, 0.1) is 40.3 Å². The molecule has 0 aromatic heterocycles. The van der Waals surface area contributed by atoms with Crippen LogP contribution in [-0.2, 0) is 33.3 Å². The summed E-state index contributed by atoms with van der Waals surface area (Å²) in [4.78, 5) is 37.3. The molecule has 0 bridgehead atoms. The lowest BCUT2D eigenvalue weighted by atomic mass is 10.0. The van der Waals surface area contributed by atoms with Crippen LogP contribution in [0.3, 0.4) is 0 Å². The molecule has 9 nitrogen and oxygen atoms in total. The van der Waals surface area contributed by atoms with Crippen molar-refractivity contribution in [2.45, 2.75) is 251 Å². The van der Waals surface area contributed by atoms with Crippen LogP contribution in [0.2, 0.25) is 0 Å². The molecule has 0 aliphatic rings. The molecule has 0 aliphatic carbocycles. The van der Waals surface area contributed by atoms with E-state index in [1.165, 1.54) is 109 Å². The number of allylic oxidation sites excluding steroid dienone is 20. The van der Waals surface area contributed by atoms with Gasteiger partial charge in [-0.1, -0.05) is 257 Å². The predicted molar refractivity (Wildman–Crippen MR) is 329 cm³/mol. The zero-order chi connectivity index (χ0) is 56.9. The average Bonchev–Trinajstić information content (AvgIpc) is 3.41. The molecule has 0 spiro atoms. The van der Waals surface area contributed by atoms with Crippen LogP contribution in [0.1, 0.15) is 239 Å². The second-order valence-electron chi connectivity index (χ2n) is 21.6. The Balaban J connectivity index is 4.33. The quantitative estimate of drug-likeness (QED) is 0.0195. The normalized spacial score (nSPS) is 13.6. The number of carbonyl (C=O) groups excluding carboxylic acids is 3. The second kappa shape index (κ2) is 58.8. The Morgan fingerprint density at radius 3 is 1.09 bits per heavy atom. The molecule has 0 rings (SSSR count). The number of ether oxygens (including phenoxy) is 4. The van der Waals surface area contributed by atoms with Gasteiger partial charge in [-0.15, -0.1) is 0 Å². The molecule has 9 heteroatoms. The highest BCUT2D eigenvalue weighted by Gasteiger charge is 2.22. The van der Waals surface area contributed by atoms with E-state index < -0.39 is 24.3 Å². The van der Waals surface area contributed by atoms with Crippen molar-refractivity contribution < 1.29 is 42.9 Å². The minimum Gasteiger partial charge on any atom is -0.545 e. The van der Waals surface area contributed by atoms with Gasteiger partial charge in [-0.2, -0.15) is 0 Å². The van der Waals surface area contributed by atoms with Gasteiger partial charge in [-0.3, -0.25) is 9.59 Å². The molecule has 0 amide bonds. The van der Waals surface area contributed by atoms with E-state index in [2.05, 4.69) is 135 Å². The second-order valence-corrected chi connectivity index (χ2v) is 21.6. The minimum absolute atomic E-state index is 0.134. The van der Waals surface area contributed by atoms with Gasteiger partial charge in [0.15, 0.2) is 12.4 Å². The predicted octanol–water partition coefficient (Wildman–Crippen LogP) is 17.5. The summed E-state index contributed by atoms with van der Waals surface area (Å²) >= 11 is 0. The molecule has 0 heterocycles. The summed E-state index contributed by atoms with van der Waals surface area (Å²) in [5.74, 6) is -2.35. The number of quaternary nitrogens is 1. The Labute approximate surface area is 478 Å². The Kier molecular flexibility index (Phi) is 55.6. The van der Waals surface area contributed by atoms with Crippen molar-refractivity contribution in [1.29, 1.82) is 0 Å². The van der Waals surface area contributed by atoms with Crippen LogP contribution < -0.4 is 5.11 Å². The summed E-state index contributed by atoms with van der Waals surface area (Å²) in [6, 6.07) is 0. The van der Waals surface area contributed by atoms with Gasteiger partial charge >= 0.3 is 11.9 Å². The van der Waals surface area contributed by atoms with E-state index in [9.17, 15) is 19.5 Å². The van der Waals surface area contributed by atoms with Gasteiger partial charge in [0.2, 0.25) is 0 Å². The molecular formula is C69H115NO8. The summed E-state index contributed by atoms with van der Waals surface area (Å²) in [6.07, 6.45) is 79.7. The molecule has 2 atom stereocenters. The number of aliphatic carboxylic acids is 1. The average molecular weight is 1090 g/mol. The summed E-state index contributed by atoms with van der Waals surface area (Å²) in [7, 11) is 5.90. The third kappa shape index (κ3) is 59.4. The van der Waals surface area contributed by atoms with Crippen molar-refractivity contribution in [2.24, 2.45) is 0 Å². The number of hydrogen-bond donors (Lipinski definition) is 0. The number of carboxylic acids is 1. The first-order valence-corrected chi connectivity index (χ1v) is 31.2. The highest BCUT2D eigenvalue weighted by Crippen LogP contribution is 2.16. The topological polar surface area (TPSA) is 111 Å². The maximum Gasteiger partial charge on any atom is 0.306 e. The first-order chi connectivity index (χ1) is 38.1. The van der Waals surface area contributed by atoms with Gasteiger partial charge in [-0.25, -0.2) is 0 Å². The lowest BCUT2D eigenvalue weighted by Crippen LogP contribution is -2.44. The third-order valence-electron chi connectivity index (χ3n) is 13.0. The number of carboxylic acid groups (broad SMARTS) is 1. The number of likely N-dealkylation sites (N-methyl/N-ethyl adjacent to an activating group) is 1. The molecular weight excluding hydrogens is 971 g/mol. The van der Waals surface area contributed by atoms with Gasteiger partial charge in [0.25, 0.3) is 0 Å². The third-order valence-corrected chi connectivity index (χ3v) is 13.0. The maximum absolute atomic E-state index is 12.9. The lowest BCUT2D eigenvalue weighted by molar-refractivity contribution is -0.870. The maximum atomic E-state index is 12.9. The highest BCUT2D eigenvalue weighted by molar-refractivity contribution is 5.70. The van der Waals surface area contributed by atoms with Gasteiger partial charge in [0.1, 0.15) is 13.2 Å². The number of hydrogen-bond acceptors (Lipinski definition) is 8. The molecule has 0 aliphatic heterocycles. The van der Waals surface area contributed by atoms with Crippen LogP contribution >= 0.6 is 0 Å². The number of nitrogens with zero attached hydrogens (tertiary/aromatic N) is 1. The van der Waals surface area contributed by atoms with E-state index in [0.717, 1.165) is 96.3 Å². The van der Waals surface area contributed by atoms with Crippen LogP contribution in [0.15, 0.2) is 122 Å². The highest BCUT2D eigenvalue weighted by atomic mass is 16.7. The van der Waals surface area contributed by atoms with Crippen LogP contribution in [0.25, 0.3) is 0 Å². The lowest BCUT2D eigenvalue weighted by Gasteiger charge is -2.26. The van der Waals surface area contributed by atoms with E-state index in [4.69, 9.17) is 18.9 Å². The monoisotopic (exact) mass is 1090 g/mol. The van der Waals surface area contributed by atoms with E-state index in [0.29, 0.717) is 17.4 Å². The number of unbranched alkanes of at least 4 members (excludes halogenated alkanes) is 21. The van der Waals surface area contributed by atoms with E-state index in [1.54, 1.807) is 0 Å². The van der Waals surface area contributed by atoms with E-state index in [-0.39, 0.29) is 38.6 Å². The number of rotatable bonds is 56. The zero-order valence-electron chi connectivity index (χ0n) is 50.5. The fourth-order valence-electron chi connectivity index (χ4n) is 8.21. The van der Waals surface area contributed by atoms with Gasteiger partial charge < -0.3 is 33.3 Å². The van der Waals surface area contributed by atoms with Gasteiger partial charge in [-0.05, 0) is 89.9 Å². The summed E-state index contributed by atoms with van der Waals surface area (Å²) in [6.45, 7) is 4.59. The Hall–Kier alpha value is -4.31. The van der Waals surface area contributed by atoms with Crippen molar-refractivity contribution in [1.82, 2.24) is 0 Å². The number of carbonyl (C=O) groups is 3. The Bertz CT molecular complexity index is 1690. The first kappa shape index (κ1) is 73.7. The van der Waals surface area contributed by atoms with E-state index in [1.807, 2.05) is 21.1 Å². The summed E-state index contributed by atoms with van der Waals surface area (Å²) in [5.41, 5.74) is 0. The van der Waals surface area contributed by atoms with Crippen LogP contribution in [0, 0.1) is 0 Å². The van der Waals surface area contributed by atoms with Crippen LogP contribution in [0.5, 0.6) is 0 Å². The van der Waals surface area contributed by atoms with Crippen molar-refractivity contribution in [3.8, 4) is 0 Å². The van der Waals surface area contributed by atoms with Crippen molar-refractivity contribution >= 4 is 17.9 Å². The molecule has 0 fully saturated rings. The standard InChI is InChI=1S/C69H115NO8/c1-6-8-10-12-14-16-18-20-22-24-26-28-29-30-31-32-33-34-35-36-37-38-39-40-42-44-46-48-50-52-54-56-58-60-67(72)78-65(64-77-69(68(73)74)75-62-61-70(3,4)5)63-76-66(71)59-57-55-53-51-49-47-45-43-41-27-25-23-21-19-17-15-13-11-9-7-2/h8,10,14,16,20,22,26,28,30-31,33-34,36-37,39-40,44,46,50,52,65,69H,6-7,9,11-13,15,17-19,21,23-25,27,29,32,35,38,41-43,45,47-49,51,53-64H2,1-5H3/b10-8-,16-14-,22-20-,28-26-,31-30-,34-33-,37-36-,40-39-,46-44-,52-50-. The largest absolute Gasteiger partial charge is 0.545 e. The fraction of sp³-hybridized carbons (Fsp3) is 0.667. The van der Waals surface area contributed by atoms with Crippen LogP contribution in [-0.4, -0.2) is 82.3 Å². The molecule has 0 aromatic rings. The zero-order valence-corrected chi connectivity index (χ0v) is 50.5. The van der Waals surface area contributed by atoms with Crippen molar-refractivity contribution in [3.63, 3.8) is 0 Å². The number of esters is 2. The molecule has 0 aromatic carbocycles. The SMILES string of the molecule is CC/C=C\C/C=C\C/C=C\C/C=C\C/C=C\C/C=C\C/C=C\C/C=C\C/C=C\C/C=C\CCCCC(=O)OC(COC(=O)CCCCCCCCCCCCCCCCCCCCCC)COC(OCC[N+](C)(C)C)C(=O)[O-]. The Morgan fingerprint density at radius 2 is 0.731 bits per heavy atom. The molecule has 0 N–H and O–H groups in total.